The van der Waals surface area contributed by atoms with E-state index >= 15 is 0 Å². The van der Waals surface area contributed by atoms with E-state index in [0.29, 0.717) is 11.6 Å². The number of carbonyl (C=O) groups is 1. The number of anilines is 1. The highest BCUT2D eigenvalue weighted by Crippen LogP contribution is 2.25. The summed E-state index contributed by atoms with van der Waals surface area (Å²) < 4.78 is 0. The maximum Gasteiger partial charge on any atom is 0.243 e. The highest BCUT2D eigenvalue weighted by molar-refractivity contribution is 14.0. The maximum atomic E-state index is 12.3. The minimum Gasteiger partial charge on any atom is -0.347 e. The van der Waals surface area contributed by atoms with Crippen molar-refractivity contribution in [2.45, 2.75) is 11.3 Å². The molecule has 30 heavy (non-hydrogen) atoms. The zero-order chi connectivity index (χ0) is 20.5. The molecule has 0 bridgehead atoms. The molecule has 3 rings (SSSR count). The molecule has 1 unspecified atom stereocenters. The number of nitrogens with one attached hydrogen (secondary N) is 2. The Kier molecular flexibility index (Phi) is 10.0. The van der Waals surface area contributed by atoms with Gasteiger partial charge in [-0.05, 0) is 42.7 Å². The van der Waals surface area contributed by atoms with Gasteiger partial charge in [-0.15, -0.1) is 42.2 Å². The van der Waals surface area contributed by atoms with Crippen LogP contribution in [0.15, 0.2) is 64.5 Å². The van der Waals surface area contributed by atoms with E-state index in [1.54, 1.807) is 13.1 Å². The van der Waals surface area contributed by atoms with Crippen molar-refractivity contribution in [1.82, 2.24) is 10.2 Å². The van der Waals surface area contributed by atoms with E-state index in [1.807, 2.05) is 36.0 Å². The standard InChI is InChI=1S/C23H26N4OS.HI/c1-3-18-8-7-9-20(14-18)26-22(28)15-25-23(24-2)27-13-12-19(16-27)17-29-21-10-5-4-6-11-21;/h1,4-11,14,19H,12-13,15-17H2,2H3,(H,24,25)(H,26,28);1H. The summed E-state index contributed by atoms with van der Waals surface area (Å²) >= 11 is 1.90. The minimum atomic E-state index is -0.129. The quantitative estimate of drug-likeness (QED) is 0.194. The Morgan fingerprint density at radius 2 is 2.07 bits per heavy atom. The van der Waals surface area contributed by atoms with Crippen LogP contribution in [0.1, 0.15) is 12.0 Å². The van der Waals surface area contributed by atoms with Gasteiger partial charge in [0.15, 0.2) is 5.96 Å². The van der Waals surface area contributed by atoms with Gasteiger partial charge in [-0.25, -0.2) is 0 Å². The number of guanidine groups is 1. The molecular weight excluding hydrogens is 507 g/mol. The maximum absolute atomic E-state index is 12.3. The van der Waals surface area contributed by atoms with Crippen LogP contribution in [0.25, 0.3) is 0 Å². The highest BCUT2D eigenvalue weighted by Gasteiger charge is 2.25. The average molecular weight is 534 g/mol. The number of benzene rings is 2. The molecule has 2 aromatic rings. The van der Waals surface area contributed by atoms with Gasteiger partial charge in [0.05, 0.1) is 6.54 Å². The third-order valence-corrected chi connectivity index (χ3v) is 5.99. The fourth-order valence-corrected chi connectivity index (χ4v) is 4.33. The third kappa shape index (κ3) is 7.26. The Balaban J connectivity index is 0.00000320. The predicted molar refractivity (Wildman–Crippen MR) is 137 cm³/mol. The monoisotopic (exact) mass is 534 g/mol. The first-order valence-electron chi connectivity index (χ1n) is 9.68. The van der Waals surface area contributed by atoms with Crippen LogP contribution in [0.2, 0.25) is 0 Å². The Labute approximate surface area is 200 Å². The first-order valence-corrected chi connectivity index (χ1v) is 10.7. The van der Waals surface area contributed by atoms with E-state index in [2.05, 4.69) is 50.7 Å². The van der Waals surface area contributed by atoms with Gasteiger partial charge in [0.25, 0.3) is 0 Å². The summed E-state index contributed by atoms with van der Waals surface area (Å²) in [5, 5.41) is 6.03. The van der Waals surface area contributed by atoms with E-state index in [4.69, 9.17) is 6.42 Å². The van der Waals surface area contributed by atoms with Gasteiger partial charge in [-0.2, -0.15) is 0 Å². The molecule has 1 fully saturated rings. The molecule has 1 saturated heterocycles. The molecule has 1 atom stereocenters. The van der Waals surface area contributed by atoms with Crippen LogP contribution in [-0.2, 0) is 4.79 Å². The van der Waals surface area contributed by atoms with E-state index < -0.39 is 0 Å². The molecule has 0 aromatic heterocycles. The molecule has 158 valence electrons. The lowest BCUT2D eigenvalue weighted by molar-refractivity contribution is -0.115. The van der Waals surface area contributed by atoms with Gasteiger partial charge in [0.1, 0.15) is 0 Å². The van der Waals surface area contributed by atoms with Crippen LogP contribution in [-0.4, -0.2) is 49.2 Å². The molecular formula is C23H27IN4OS. The first-order chi connectivity index (χ1) is 14.2. The fourth-order valence-electron chi connectivity index (χ4n) is 3.28. The van der Waals surface area contributed by atoms with Gasteiger partial charge >= 0.3 is 0 Å². The number of amides is 1. The highest BCUT2D eigenvalue weighted by atomic mass is 127. The number of nitrogens with zero attached hydrogens (tertiary/aromatic N) is 2. The van der Waals surface area contributed by atoms with Gasteiger partial charge in [-0.3, -0.25) is 9.79 Å². The smallest absolute Gasteiger partial charge is 0.243 e. The number of likely N-dealkylation sites (tertiary alicyclic amines) is 1. The number of thioether (sulfide) groups is 1. The van der Waals surface area contributed by atoms with Gasteiger partial charge in [-0.1, -0.05) is 30.2 Å². The fraction of sp³-hybridized carbons (Fsp3) is 0.304. The average Bonchev–Trinajstić information content (AvgIpc) is 3.22. The topological polar surface area (TPSA) is 56.7 Å². The molecule has 1 amide bonds. The van der Waals surface area contributed by atoms with Crippen molar-refractivity contribution in [2.75, 3.05) is 37.8 Å². The van der Waals surface area contributed by atoms with E-state index in [0.717, 1.165) is 36.8 Å². The van der Waals surface area contributed by atoms with Crippen LogP contribution in [0.3, 0.4) is 0 Å². The van der Waals surface area contributed by atoms with Crippen LogP contribution in [0.5, 0.6) is 0 Å². The van der Waals surface area contributed by atoms with E-state index in [9.17, 15) is 4.79 Å². The zero-order valence-corrected chi connectivity index (χ0v) is 20.2. The summed E-state index contributed by atoms with van der Waals surface area (Å²) in [6.45, 7) is 2.06. The summed E-state index contributed by atoms with van der Waals surface area (Å²) in [4.78, 5) is 20.1. The Morgan fingerprint density at radius 3 is 2.80 bits per heavy atom. The molecule has 7 heteroatoms. The summed E-state index contributed by atoms with van der Waals surface area (Å²) in [5.74, 6) is 4.90. The molecule has 2 aromatic carbocycles. The molecule has 0 spiro atoms. The zero-order valence-electron chi connectivity index (χ0n) is 17.0. The van der Waals surface area contributed by atoms with Crippen molar-refractivity contribution in [3.63, 3.8) is 0 Å². The van der Waals surface area contributed by atoms with Crippen LogP contribution >= 0.6 is 35.7 Å². The lowest BCUT2D eigenvalue weighted by atomic mass is 10.2. The normalized spacial score (nSPS) is 15.8. The van der Waals surface area contributed by atoms with Gasteiger partial charge < -0.3 is 15.5 Å². The van der Waals surface area contributed by atoms with Crippen molar-refractivity contribution in [1.29, 1.82) is 0 Å². The van der Waals surface area contributed by atoms with Crippen molar-refractivity contribution < 1.29 is 4.79 Å². The molecule has 0 saturated carbocycles. The van der Waals surface area contributed by atoms with Gasteiger partial charge in [0.2, 0.25) is 5.91 Å². The third-order valence-electron chi connectivity index (χ3n) is 4.75. The van der Waals surface area contributed by atoms with Crippen molar-refractivity contribution >= 4 is 53.3 Å². The SMILES string of the molecule is C#Cc1cccc(NC(=O)CNC(=NC)N2CCC(CSc3ccccc3)C2)c1.I. The van der Waals surface area contributed by atoms with Crippen LogP contribution in [0, 0.1) is 18.3 Å². The molecule has 0 radical (unpaired) electrons. The molecule has 1 heterocycles. The number of halogens is 1. The van der Waals surface area contributed by atoms with E-state index in [1.165, 1.54) is 4.90 Å². The Morgan fingerprint density at radius 1 is 1.27 bits per heavy atom. The Hall–Kier alpha value is -2.18. The second-order valence-electron chi connectivity index (χ2n) is 6.90. The number of aliphatic imine (C=N–C) groups is 1. The van der Waals surface area contributed by atoms with Crippen molar-refractivity contribution in [3.8, 4) is 12.3 Å². The minimum absolute atomic E-state index is 0. The molecule has 2 N–H and O–H groups in total. The van der Waals surface area contributed by atoms with E-state index in [-0.39, 0.29) is 36.4 Å². The number of hydrogen-bond donors (Lipinski definition) is 2. The second kappa shape index (κ2) is 12.5. The number of hydrogen-bond acceptors (Lipinski definition) is 3. The summed E-state index contributed by atoms with van der Waals surface area (Å²) in [6, 6.07) is 17.7. The number of carbonyl (C=O) groups excluding carboxylic acids is 1. The van der Waals surface area contributed by atoms with Crippen molar-refractivity contribution in [2.24, 2.45) is 10.9 Å². The van der Waals surface area contributed by atoms with Crippen molar-refractivity contribution in [3.05, 3.63) is 60.2 Å². The van der Waals surface area contributed by atoms with Crippen LogP contribution < -0.4 is 10.6 Å². The molecule has 0 aliphatic carbocycles. The first kappa shape index (κ1) is 24.1. The number of terminal acetylenes is 1. The molecule has 1 aliphatic heterocycles. The Bertz CT molecular complexity index is 898. The largest absolute Gasteiger partial charge is 0.347 e. The lowest BCUT2D eigenvalue weighted by Crippen LogP contribution is -2.43. The van der Waals surface area contributed by atoms with Gasteiger partial charge in [0, 0.05) is 42.0 Å². The summed E-state index contributed by atoms with van der Waals surface area (Å²) in [7, 11) is 1.75. The van der Waals surface area contributed by atoms with Crippen LogP contribution in [0.4, 0.5) is 5.69 Å². The molecule has 1 aliphatic rings. The second-order valence-corrected chi connectivity index (χ2v) is 7.99. The predicted octanol–water partition coefficient (Wildman–Crippen LogP) is 3.91. The molecule has 5 nitrogen and oxygen atoms in total. The summed E-state index contributed by atoms with van der Waals surface area (Å²) in [5.41, 5.74) is 1.43. The lowest BCUT2D eigenvalue weighted by Gasteiger charge is -2.21. The summed E-state index contributed by atoms with van der Waals surface area (Å²) in [6.07, 6.45) is 6.53. The number of rotatable bonds is 6.